The van der Waals surface area contributed by atoms with Crippen LogP contribution in [0.4, 0.5) is 11.0 Å². The van der Waals surface area contributed by atoms with E-state index in [4.69, 9.17) is 10.2 Å². The van der Waals surface area contributed by atoms with Crippen molar-refractivity contribution in [1.29, 1.82) is 0 Å². The fourth-order valence-electron chi connectivity index (χ4n) is 0.960. The Balaban J connectivity index is 2.38. The van der Waals surface area contributed by atoms with Gasteiger partial charge in [0.1, 0.15) is 0 Å². The lowest BCUT2D eigenvalue weighted by Crippen LogP contribution is -1.80. The molecule has 0 saturated carbocycles. The molecule has 6 nitrogen and oxygen atoms in total. The Morgan fingerprint density at radius 1 is 1.57 bits per heavy atom. The van der Waals surface area contributed by atoms with Crippen molar-refractivity contribution in [3.05, 3.63) is 28.4 Å². The van der Waals surface area contributed by atoms with Crippen LogP contribution in [0.2, 0.25) is 0 Å². The molecule has 0 spiro atoms. The van der Waals surface area contributed by atoms with Gasteiger partial charge < -0.3 is 10.2 Å². The second-order valence-corrected chi connectivity index (χ2v) is 3.52. The molecule has 2 aromatic rings. The van der Waals surface area contributed by atoms with Crippen LogP contribution in [0.3, 0.4) is 0 Å². The van der Waals surface area contributed by atoms with E-state index in [9.17, 15) is 10.1 Å². The Morgan fingerprint density at radius 2 is 2.36 bits per heavy atom. The molecule has 72 valence electrons. The predicted octanol–water partition coefficient (Wildman–Crippen LogP) is 1.89. The Hall–Kier alpha value is -1.89. The molecule has 0 amide bonds. The third kappa shape index (κ3) is 1.44. The van der Waals surface area contributed by atoms with E-state index in [-0.39, 0.29) is 11.0 Å². The van der Waals surface area contributed by atoms with Gasteiger partial charge in [0, 0.05) is 6.07 Å². The van der Waals surface area contributed by atoms with Crippen molar-refractivity contribution in [2.45, 2.75) is 0 Å². The quantitative estimate of drug-likeness (QED) is 0.604. The van der Waals surface area contributed by atoms with Crippen molar-refractivity contribution < 1.29 is 9.34 Å². The number of aromatic nitrogens is 1. The lowest BCUT2D eigenvalue weighted by atomic mass is 10.4. The lowest BCUT2D eigenvalue weighted by molar-refractivity contribution is -0.380. The number of nitrogens with two attached hydrogens (primary N) is 1. The van der Waals surface area contributed by atoms with Gasteiger partial charge in [0.15, 0.2) is 5.76 Å². The van der Waals surface area contributed by atoms with Crippen LogP contribution in [0.15, 0.2) is 22.7 Å². The minimum Gasteiger partial charge on any atom is -0.423 e. The van der Waals surface area contributed by atoms with Crippen LogP contribution in [0.5, 0.6) is 0 Å². The maximum atomic E-state index is 10.4. The molecule has 0 radical (unpaired) electrons. The summed E-state index contributed by atoms with van der Waals surface area (Å²) in [6, 6.07) is 3.07. The van der Waals surface area contributed by atoms with Crippen molar-refractivity contribution in [2.24, 2.45) is 0 Å². The standard InChI is InChI=1S/C7H5N3O3S/c8-7-9-3-4(13-7)5-1-2-6(14-5)10(11)12/h1-3H,(H2,8,9). The fourth-order valence-corrected chi connectivity index (χ4v) is 1.73. The summed E-state index contributed by atoms with van der Waals surface area (Å²) < 4.78 is 5.02. The molecule has 0 aromatic carbocycles. The van der Waals surface area contributed by atoms with E-state index >= 15 is 0 Å². The van der Waals surface area contributed by atoms with E-state index in [1.54, 1.807) is 6.07 Å². The third-order valence-corrected chi connectivity index (χ3v) is 2.59. The van der Waals surface area contributed by atoms with Gasteiger partial charge in [-0.1, -0.05) is 11.3 Å². The summed E-state index contributed by atoms with van der Waals surface area (Å²) in [6.07, 6.45) is 1.44. The summed E-state index contributed by atoms with van der Waals surface area (Å²) in [5, 5.41) is 10.5. The van der Waals surface area contributed by atoms with Gasteiger partial charge in [0.2, 0.25) is 0 Å². The molecule has 0 fully saturated rings. The largest absolute Gasteiger partial charge is 0.423 e. The number of nitrogen functional groups attached to an aromatic ring is 1. The predicted molar refractivity (Wildman–Crippen MR) is 50.9 cm³/mol. The number of nitrogens with zero attached hydrogens (tertiary/aromatic N) is 2. The Kier molecular flexibility index (Phi) is 1.93. The van der Waals surface area contributed by atoms with Crippen LogP contribution >= 0.6 is 11.3 Å². The highest BCUT2D eigenvalue weighted by molar-refractivity contribution is 7.18. The van der Waals surface area contributed by atoms with Crippen molar-refractivity contribution in [3.8, 4) is 10.6 Å². The van der Waals surface area contributed by atoms with Crippen LogP contribution < -0.4 is 5.73 Å². The van der Waals surface area contributed by atoms with Gasteiger partial charge in [-0.15, -0.1) is 0 Å². The minimum atomic E-state index is -0.451. The number of hydrogen-bond acceptors (Lipinski definition) is 6. The molecule has 0 aliphatic heterocycles. The highest BCUT2D eigenvalue weighted by Gasteiger charge is 2.13. The number of hydrogen-bond donors (Lipinski definition) is 1. The van der Waals surface area contributed by atoms with E-state index in [0.29, 0.717) is 10.6 Å². The molecule has 0 bridgehead atoms. The smallest absolute Gasteiger partial charge is 0.324 e. The molecule has 0 aliphatic rings. The first-order valence-corrected chi connectivity index (χ1v) is 4.44. The molecule has 2 N–H and O–H groups in total. The summed E-state index contributed by atoms with van der Waals surface area (Å²) in [7, 11) is 0. The van der Waals surface area contributed by atoms with Crippen molar-refractivity contribution in [3.63, 3.8) is 0 Å². The molecule has 0 atom stereocenters. The van der Waals surface area contributed by atoms with Crippen LogP contribution in [0.1, 0.15) is 0 Å². The van der Waals surface area contributed by atoms with Gasteiger partial charge >= 0.3 is 5.00 Å². The molecule has 2 heterocycles. The number of thiophene rings is 1. The van der Waals surface area contributed by atoms with Crippen LogP contribution in [0.25, 0.3) is 10.6 Å². The molecule has 14 heavy (non-hydrogen) atoms. The minimum absolute atomic E-state index is 0.0519. The second kappa shape index (κ2) is 3.11. The first-order chi connectivity index (χ1) is 6.66. The molecule has 2 rings (SSSR count). The Labute approximate surface area is 82.1 Å². The highest BCUT2D eigenvalue weighted by atomic mass is 32.1. The van der Waals surface area contributed by atoms with Gasteiger partial charge in [-0.25, -0.2) is 4.98 Å². The van der Waals surface area contributed by atoms with Crippen LogP contribution in [-0.4, -0.2) is 9.91 Å². The molecule has 7 heteroatoms. The average molecular weight is 211 g/mol. The molecule has 0 saturated heterocycles. The van der Waals surface area contributed by atoms with Gasteiger partial charge in [0.25, 0.3) is 6.01 Å². The number of oxazole rings is 1. The number of rotatable bonds is 2. The summed E-state index contributed by atoms with van der Waals surface area (Å²) in [4.78, 5) is 14.3. The maximum Gasteiger partial charge on any atom is 0.324 e. The molecule has 0 aliphatic carbocycles. The zero-order valence-electron chi connectivity index (χ0n) is 6.84. The van der Waals surface area contributed by atoms with E-state index in [1.807, 2.05) is 0 Å². The monoisotopic (exact) mass is 211 g/mol. The third-order valence-electron chi connectivity index (χ3n) is 1.54. The summed E-state index contributed by atoms with van der Waals surface area (Å²) in [6.45, 7) is 0. The van der Waals surface area contributed by atoms with Crippen molar-refractivity contribution >= 4 is 22.4 Å². The Bertz CT molecular complexity index is 476. The molecule has 0 unspecified atom stereocenters. The summed E-state index contributed by atoms with van der Waals surface area (Å²) in [5.74, 6) is 0.445. The van der Waals surface area contributed by atoms with Gasteiger partial charge in [-0.2, -0.15) is 0 Å². The SMILES string of the molecule is Nc1ncc(-c2ccc([N+](=O)[O-])s2)o1. The zero-order chi connectivity index (χ0) is 10.1. The van der Waals surface area contributed by atoms with Gasteiger partial charge in [-0.05, 0) is 6.07 Å². The van der Waals surface area contributed by atoms with E-state index in [0.717, 1.165) is 11.3 Å². The maximum absolute atomic E-state index is 10.4. The van der Waals surface area contributed by atoms with E-state index in [2.05, 4.69) is 4.98 Å². The zero-order valence-corrected chi connectivity index (χ0v) is 7.65. The van der Waals surface area contributed by atoms with E-state index < -0.39 is 4.92 Å². The van der Waals surface area contributed by atoms with Gasteiger partial charge in [0.05, 0.1) is 16.0 Å². The number of anilines is 1. The summed E-state index contributed by atoms with van der Waals surface area (Å²) in [5.41, 5.74) is 5.28. The number of nitro groups is 1. The highest BCUT2D eigenvalue weighted by Crippen LogP contribution is 2.33. The molecule has 2 aromatic heterocycles. The first-order valence-electron chi connectivity index (χ1n) is 3.63. The lowest BCUT2D eigenvalue weighted by Gasteiger charge is -1.85. The van der Waals surface area contributed by atoms with E-state index in [1.165, 1.54) is 12.3 Å². The van der Waals surface area contributed by atoms with Gasteiger partial charge in [-0.3, -0.25) is 10.1 Å². The van der Waals surface area contributed by atoms with Crippen molar-refractivity contribution in [1.82, 2.24) is 4.98 Å². The topological polar surface area (TPSA) is 95.2 Å². The first kappa shape index (κ1) is 8.70. The van der Waals surface area contributed by atoms with Crippen molar-refractivity contribution in [2.75, 3.05) is 5.73 Å². The van der Waals surface area contributed by atoms with Crippen LogP contribution in [0, 0.1) is 10.1 Å². The Morgan fingerprint density at radius 3 is 2.86 bits per heavy atom. The normalized spacial score (nSPS) is 10.3. The molecular formula is C7H5N3O3S. The summed E-state index contributed by atoms with van der Waals surface area (Å²) >= 11 is 1.02. The molecular weight excluding hydrogens is 206 g/mol. The fraction of sp³-hybridized carbons (Fsp3) is 0. The van der Waals surface area contributed by atoms with Crippen LogP contribution in [-0.2, 0) is 0 Å². The average Bonchev–Trinajstić information content (AvgIpc) is 2.70. The second-order valence-electron chi connectivity index (χ2n) is 2.46.